The topological polar surface area (TPSA) is 41.1 Å². The van der Waals surface area contributed by atoms with E-state index in [1.165, 1.54) is 17.1 Å². The Bertz CT molecular complexity index is 390. The molecule has 1 aromatic heterocycles. The van der Waals surface area contributed by atoms with E-state index in [4.69, 9.17) is 0 Å². The van der Waals surface area contributed by atoms with Gasteiger partial charge in [-0.15, -0.1) is 11.8 Å². The van der Waals surface area contributed by atoms with Crippen LogP contribution in [0.4, 0.5) is 5.82 Å². The molecule has 1 aromatic rings. The summed E-state index contributed by atoms with van der Waals surface area (Å²) in [6.07, 6.45) is 1.72. The molecule has 3 rings (SSSR count). The smallest absolute Gasteiger partial charge is 0.136 e. The van der Waals surface area contributed by atoms with Gasteiger partial charge >= 0.3 is 0 Å². The van der Waals surface area contributed by atoms with Gasteiger partial charge in [-0.05, 0) is 6.92 Å². The van der Waals surface area contributed by atoms with E-state index in [9.17, 15) is 0 Å². The minimum atomic E-state index is 0.543. The van der Waals surface area contributed by atoms with Crippen LogP contribution in [0, 0.1) is 0 Å². The summed E-state index contributed by atoms with van der Waals surface area (Å²) in [4.78, 5) is 11.3. The number of fused-ring (bicyclic) bond motifs is 1. The summed E-state index contributed by atoms with van der Waals surface area (Å²) < 4.78 is 0. The van der Waals surface area contributed by atoms with E-state index in [-0.39, 0.29) is 0 Å². The van der Waals surface area contributed by atoms with Gasteiger partial charge in [0.15, 0.2) is 0 Å². The van der Waals surface area contributed by atoms with E-state index < -0.39 is 0 Å². The molecule has 0 unspecified atom stereocenters. The molecule has 1 atom stereocenters. The fraction of sp³-hybridized carbons (Fsp3) is 0.636. The third kappa shape index (κ3) is 1.68. The van der Waals surface area contributed by atoms with Gasteiger partial charge in [0, 0.05) is 42.7 Å². The lowest BCUT2D eigenvalue weighted by atomic mass is 10.1. The Balaban J connectivity index is 1.97. The van der Waals surface area contributed by atoms with Crippen molar-refractivity contribution in [1.29, 1.82) is 0 Å². The van der Waals surface area contributed by atoms with Crippen LogP contribution in [-0.2, 0) is 5.75 Å². The lowest BCUT2D eigenvalue weighted by molar-refractivity contribution is 0.582. The maximum Gasteiger partial charge on any atom is 0.136 e. The molecular formula is C11H16N4S. The predicted octanol–water partition coefficient (Wildman–Crippen LogP) is 1.19. The van der Waals surface area contributed by atoms with Crippen molar-refractivity contribution < 1.29 is 0 Å². The Morgan fingerprint density at radius 2 is 2.19 bits per heavy atom. The van der Waals surface area contributed by atoms with E-state index in [0.717, 1.165) is 31.9 Å². The first-order chi connectivity index (χ1) is 7.86. The number of anilines is 1. The minimum Gasteiger partial charge on any atom is -0.354 e. The maximum atomic E-state index is 4.50. The standard InChI is InChI=1S/C11H16N4S/c1-8-10-9(6-16-8)13-7-14-11(10)15-4-2-12-3-5-15/h7-8,12H,2-6H2,1H3/t8-/m1/s1. The van der Waals surface area contributed by atoms with Crippen molar-refractivity contribution in [1.82, 2.24) is 15.3 Å². The summed E-state index contributed by atoms with van der Waals surface area (Å²) in [5.41, 5.74) is 2.61. The van der Waals surface area contributed by atoms with Crippen LogP contribution in [0.1, 0.15) is 23.4 Å². The second-order valence-corrected chi connectivity index (χ2v) is 5.58. The molecule has 3 heterocycles. The molecule has 5 heteroatoms. The van der Waals surface area contributed by atoms with Crippen LogP contribution in [0.2, 0.25) is 0 Å². The first-order valence-corrected chi connectivity index (χ1v) is 6.82. The molecule has 0 spiro atoms. The number of thioether (sulfide) groups is 1. The first-order valence-electron chi connectivity index (χ1n) is 5.77. The molecule has 0 aliphatic carbocycles. The van der Waals surface area contributed by atoms with Gasteiger partial charge in [-0.1, -0.05) is 0 Å². The van der Waals surface area contributed by atoms with Gasteiger partial charge in [0.05, 0.1) is 5.69 Å². The van der Waals surface area contributed by atoms with Crippen molar-refractivity contribution in [3.05, 3.63) is 17.6 Å². The SMILES string of the molecule is C[C@H]1SCc2ncnc(N3CCNCC3)c21. The first kappa shape index (κ1) is 10.4. The van der Waals surface area contributed by atoms with Crippen LogP contribution >= 0.6 is 11.8 Å². The van der Waals surface area contributed by atoms with E-state index >= 15 is 0 Å². The van der Waals surface area contributed by atoms with Crippen LogP contribution in [0.3, 0.4) is 0 Å². The molecule has 86 valence electrons. The van der Waals surface area contributed by atoms with Crippen LogP contribution in [0.15, 0.2) is 6.33 Å². The highest BCUT2D eigenvalue weighted by Crippen LogP contribution is 2.43. The number of aromatic nitrogens is 2. The van der Waals surface area contributed by atoms with E-state index in [1.54, 1.807) is 6.33 Å². The molecular weight excluding hydrogens is 220 g/mol. The van der Waals surface area contributed by atoms with Crippen molar-refractivity contribution in [2.75, 3.05) is 31.1 Å². The molecule has 0 aromatic carbocycles. The predicted molar refractivity (Wildman–Crippen MR) is 66.8 cm³/mol. The lowest BCUT2D eigenvalue weighted by Gasteiger charge is -2.30. The molecule has 1 N–H and O–H groups in total. The van der Waals surface area contributed by atoms with Gasteiger partial charge in [-0.25, -0.2) is 9.97 Å². The van der Waals surface area contributed by atoms with Crippen LogP contribution in [-0.4, -0.2) is 36.1 Å². The third-order valence-corrected chi connectivity index (χ3v) is 4.41. The molecule has 16 heavy (non-hydrogen) atoms. The summed E-state index contributed by atoms with van der Waals surface area (Å²) in [7, 11) is 0. The van der Waals surface area contributed by atoms with Gasteiger partial charge in [0.2, 0.25) is 0 Å². The Morgan fingerprint density at radius 1 is 1.38 bits per heavy atom. The van der Waals surface area contributed by atoms with Crippen molar-refractivity contribution in [3.63, 3.8) is 0 Å². The molecule has 1 fully saturated rings. The lowest BCUT2D eigenvalue weighted by Crippen LogP contribution is -2.44. The van der Waals surface area contributed by atoms with E-state index in [1.807, 2.05) is 11.8 Å². The number of hydrogen-bond acceptors (Lipinski definition) is 5. The number of hydrogen-bond donors (Lipinski definition) is 1. The minimum absolute atomic E-state index is 0.543. The van der Waals surface area contributed by atoms with E-state index in [2.05, 4.69) is 27.1 Å². The summed E-state index contributed by atoms with van der Waals surface area (Å²) in [6.45, 7) is 6.48. The zero-order chi connectivity index (χ0) is 11.0. The number of nitrogens with one attached hydrogen (secondary N) is 1. The summed E-state index contributed by atoms with van der Waals surface area (Å²) in [5.74, 6) is 2.21. The maximum absolute atomic E-state index is 4.50. The highest BCUT2D eigenvalue weighted by Gasteiger charge is 2.27. The van der Waals surface area contributed by atoms with Gasteiger partial charge in [0.25, 0.3) is 0 Å². The van der Waals surface area contributed by atoms with Crippen molar-refractivity contribution in [2.24, 2.45) is 0 Å². The highest BCUT2D eigenvalue weighted by atomic mass is 32.2. The number of rotatable bonds is 1. The molecule has 0 amide bonds. The summed E-state index contributed by atoms with van der Waals surface area (Å²) in [6, 6.07) is 0. The molecule has 2 aliphatic heterocycles. The summed E-state index contributed by atoms with van der Waals surface area (Å²) in [5, 5.41) is 3.92. The number of piperazine rings is 1. The van der Waals surface area contributed by atoms with Crippen LogP contribution in [0.5, 0.6) is 0 Å². The Morgan fingerprint density at radius 3 is 3.00 bits per heavy atom. The quantitative estimate of drug-likeness (QED) is 0.793. The average molecular weight is 236 g/mol. The van der Waals surface area contributed by atoms with Crippen LogP contribution in [0.25, 0.3) is 0 Å². The molecule has 0 bridgehead atoms. The molecule has 1 saturated heterocycles. The highest BCUT2D eigenvalue weighted by molar-refractivity contribution is 7.99. The van der Waals surface area contributed by atoms with Gasteiger partial charge < -0.3 is 10.2 Å². The van der Waals surface area contributed by atoms with Gasteiger partial charge in [-0.2, -0.15) is 0 Å². The fourth-order valence-corrected chi connectivity index (χ4v) is 3.41. The third-order valence-electron chi connectivity index (χ3n) is 3.24. The van der Waals surface area contributed by atoms with Crippen molar-refractivity contribution in [2.45, 2.75) is 17.9 Å². The Hall–Kier alpha value is -0.810. The van der Waals surface area contributed by atoms with Crippen molar-refractivity contribution >= 4 is 17.6 Å². The molecule has 0 radical (unpaired) electrons. The zero-order valence-corrected chi connectivity index (χ0v) is 10.3. The fourth-order valence-electron chi connectivity index (χ4n) is 2.37. The molecule has 0 saturated carbocycles. The second-order valence-electron chi connectivity index (χ2n) is 4.25. The normalized spacial score (nSPS) is 24.6. The zero-order valence-electron chi connectivity index (χ0n) is 9.44. The van der Waals surface area contributed by atoms with Gasteiger partial charge in [-0.3, -0.25) is 0 Å². The Labute approximate surface area is 99.8 Å². The average Bonchev–Trinajstić information content (AvgIpc) is 2.73. The Kier molecular flexibility index (Phi) is 2.73. The molecule has 4 nitrogen and oxygen atoms in total. The van der Waals surface area contributed by atoms with Gasteiger partial charge in [0.1, 0.15) is 12.1 Å². The molecule has 2 aliphatic rings. The van der Waals surface area contributed by atoms with Crippen LogP contribution < -0.4 is 10.2 Å². The second kappa shape index (κ2) is 4.22. The summed E-state index contributed by atoms with van der Waals surface area (Å²) >= 11 is 1.96. The van der Waals surface area contributed by atoms with E-state index in [0.29, 0.717) is 5.25 Å². The monoisotopic (exact) mass is 236 g/mol. The largest absolute Gasteiger partial charge is 0.354 e. The number of nitrogens with zero attached hydrogens (tertiary/aromatic N) is 3. The van der Waals surface area contributed by atoms with Crippen molar-refractivity contribution in [3.8, 4) is 0 Å².